The van der Waals surface area contributed by atoms with Crippen molar-refractivity contribution < 1.29 is 14.0 Å². The zero-order valence-corrected chi connectivity index (χ0v) is 15.7. The lowest BCUT2D eigenvalue weighted by molar-refractivity contribution is -0.134. The monoisotopic (exact) mass is 391 g/mol. The second kappa shape index (κ2) is 9.48. The zero-order valence-electron chi connectivity index (χ0n) is 14.9. The summed E-state index contributed by atoms with van der Waals surface area (Å²) in [6.45, 7) is 1.28. The molecule has 7 heteroatoms. The van der Waals surface area contributed by atoms with Crippen LogP contribution in [0.3, 0.4) is 0 Å². The number of rotatable bonds is 6. The molecular weight excluding hydrogens is 369 g/mol. The van der Waals surface area contributed by atoms with Crippen molar-refractivity contribution >= 4 is 29.9 Å². The number of nitrogens with two attached hydrogens (primary N) is 1. The van der Waals surface area contributed by atoms with Gasteiger partial charge in [-0.2, -0.15) is 0 Å². The van der Waals surface area contributed by atoms with Crippen LogP contribution in [-0.2, 0) is 16.0 Å². The molecule has 2 aromatic rings. The molecule has 3 rings (SSSR count). The summed E-state index contributed by atoms with van der Waals surface area (Å²) in [7, 11) is 0. The molecule has 0 saturated carbocycles. The van der Waals surface area contributed by atoms with Crippen molar-refractivity contribution in [2.24, 2.45) is 5.73 Å². The van der Waals surface area contributed by atoms with Crippen LogP contribution in [0.25, 0.3) is 0 Å². The SMILES string of the molecule is Cl.NCCN(CCc1ccccc1)C(=O)C1CC(=O)Nc2cc(F)ccc21. The van der Waals surface area contributed by atoms with E-state index in [9.17, 15) is 14.0 Å². The van der Waals surface area contributed by atoms with E-state index < -0.39 is 11.7 Å². The van der Waals surface area contributed by atoms with E-state index in [2.05, 4.69) is 5.32 Å². The molecule has 0 radical (unpaired) electrons. The third kappa shape index (κ3) is 5.05. The number of hydrogen-bond acceptors (Lipinski definition) is 3. The van der Waals surface area contributed by atoms with Crippen LogP contribution in [-0.4, -0.2) is 36.3 Å². The number of carbonyl (C=O) groups is 2. The lowest BCUT2D eigenvalue weighted by atomic mass is 9.89. The van der Waals surface area contributed by atoms with Gasteiger partial charge >= 0.3 is 0 Å². The van der Waals surface area contributed by atoms with E-state index in [0.29, 0.717) is 37.3 Å². The van der Waals surface area contributed by atoms with Gasteiger partial charge in [-0.3, -0.25) is 9.59 Å². The Morgan fingerprint density at radius 2 is 1.93 bits per heavy atom. The summed E-state index contributed by atoms with van der Waals surface area (Å²) in [5.74, 6) is -1.48. The first kappa shape index (κ1) is 20.9. The van der Waals surface area contributed by atoms with Crippen molar-refractivity contribution in [3.8, 4) is 0 Å². The molecular formula is C20H23ClFN3O2. The Bertz CT molecular complexity index is 801. The summed E-state index contributed by atoms with van der Waals surface area (Å²) in [5.41, 5.74) is 7.84. The van der Waals surface area contributed by atoms with E-state index in [1.165, 1.54) is 12.1 Å². The smallest absolute Gasteiger partial charge is 0.230 e. The summed E-state index contributed by atoms with van der Waals surface area (Å²) in [4.78, 5) is 26.8. The van der Waals surface area contributed by atoms with Gasteiger partial charge in [0, 0.05) is 31.7 Å². The summed E-state index contributed by atoms with van der Waals surface area (Å²) >= 11 is 0. The van der Waals surface area contributed by atoms with Crippen LogP contribution in [0.15, 0.2) is 48.5 Å². The molecule has 1 heterocycles. The first-order valence-corrected chi connectivity index (χ1v) is 8.70. The first-order chi connectivity index (χ1) is 12.6. The van der Waals surface area contributed by atoms with E-state index in [-0.39, 0.29) is 30.6 Å². The quantitative estimate of drug-likeness (QED) is 0.795. The van der Waals surface area contributed by atoms with Crippen molar-refractivity contribution in [2.75, 3.05) is 25.0 Å². The van der Waals surface area contributed by atoms with Gasteiger partial charge in [0.2, 0.25) is 11.8 Å². The molecule has 1 aliphatic heterocycles. The predicted octanol–water partition coefficient (Wildman–Crippen LogP) is 2.70. The highest BCUT2D eigenvalue weighted by atomic mass is 35.5. The maximum atomic E-state index is 13.5. The standard InChI is InChI=1S/C20H22FN3O2.ClH/c21-15-6-7-16-17(13-19(25)23-18(16)12-15)20(26)24(11-9-22)10-8-14-4-2-1-3-5-14;/h1-7,12,17H,8-11,13,22H2,(H,23,25);1H. The van der Waals surface area contributed by atoms with Crippen LogP contribution in [0.4, 0.5) is 10.1 Å². The van der Waals surface area contributed by atoms with E-state index in [0.717, 1.165) is 5.56 Å². The second-order valence-electron chi connectivity index (χ2n) is 6.39. The number of halogens is 2. The van der Waals surface area contributed by atoms with Gasteiger partial charge in [-0.15, -0.1) is 12.4 Å². The number of hydrogen-bond donors (Lipinski definition) is 2. The fourth-order valence-electron chi connectivity index (χ4n) is 3.27. The Labute approximate surface area is 164 Å². The molecule has 0 aromatic heterocycles. The van der Waals surface area contributed by atoms with E-state index >= 15 is 0 Å². The van der Waals surface area contributed by atoms with Crippen LogP contribution < -0.4 is 11.1 Å². The number of nitrogens with zero attached hydrogens (tertiary/aromatic N) is 1. The summed E-state index contributed by atoms with van der Waals surface area (Å²) in [6, 6.07) is 14.0. The Hall–Kier alpha value is -2.44. The molecule has 27 heavy (non-hydrogen) atoms. The van der Waals surface area contributed by atoms with Crippen LogP contribution in [0.5, 0.6) is 0 Å². The molecule has 5 nitrogen and oxygen atoms in total. The molecule has 0 fully saturated rings. The number of fused-ring (bicyclic) bond motifs is 1. The zero-order chi connectivity index (χ0) is 18.5. The van der Waals surface area contributed by atoms with Gasteiger partial charge < -0.3 is 16.0 Å². The van der Waals surface area contributed by atoms with E-state index in [1.807, 2.05) is 30.3 Å². The van der Waals surface area contributed by atoms with Gasteiger partial charge in [0.1, 0.15) is 5.82 Å². The lowest BCUT2D eigenvalue weighted by Crippen LogP contribution is -2.42. The molecule has 2 aromatic carbocycles. The van der Waals surface area contributed by atoms with Crippen LogP contribution in [0.1, 0.15) is 23.5 Å². The summed E-state index contributed by atoms with van der Waals surface area (Å²) in [6.07, 6.45) is 0.769. The number of anilines is 1. The Kier molecular flexibility index (Phi) is 7.33. The highest BCUT2D eigenvalue weighted by Gasteiger charge is 2.33. The Balaban J connectivity index is 0.00000261. The topological polar surface area (TPSA) is 75.4 Å². The molecule has 0 aliphatic carbocycles. The summed E-state index contributed by atoms with van der Waals surface area (Å²) < 4.78 is 13.5. The minimum atomic E-state index is -0.610. The van der Waals surface area contributed by atoms with Gasteiger partial charge in [0.15, 0.2) is 0 Å². The third-order valence-electron chi connectivity index (χ3n) is 4.58. The Morgan fingerprint density at radius 1 is 1.19 bits per heavy atom. The number of carbonyl (C=O) groups excluding carboxylic acids is 2. The van der Waals surface area contributed by atoms with Crippen LogP contribution in [0, 0.1) is 5.82 Å². The first-order valence-electron chi connectivity index (χ1n) is 8.70. The molecule has 1 aliphatic rings. The van der Waals surface area contributed by atoms with E-state index in [1.54, 1.807) is 11.0 Å². The van der Waals surface area contributed by atoms with Crippen molar-refractivity contribution in [3.05, 3.63) is 65.5 Å². The largest absolute Gasteiger partial charge is 0.341 e. The van der Waals surface area contributed by atoms with Crippen molar-refractivity contribution in [1.29, 1.82) is 0 Å². The summed E-state index contributed by atoms with van der Waals surface area (Å²) in [5, 5.41) is 2.64. The minimum Gasteiger partial charge on any atom is -0.341 e. The fourth-order valence-corrected chi connectivity index (χ4v) is 3.27. The molecule has 0 saturated heterocycles. The van der Waals surface area contributed by atoms with Crippen molar-refractivity contribution in [3.63, 3.8) is 0 Å². The highest BCUT2D eigenvalue weighted by molar-refractivity contribution is 6.01. The van der Waals surface area contributed by atoms with Crippen LogP contribution in [0.2, 0.25) is 0 Å². The van der Waals surface area contributed by atoms with Gasteiger partial charge in [-0.25, -0.2) is 4.39 Å². The lowest BCUT2D eigenvalue weighted by Gasteiger charge is -2.30. The molecule has 1 atom stereocenters. The molecule has 144 valence electrons. The van der Waals surface area contributed by atoms with Gasteiger partial charge in [-0.05, 0) is 29.7 Å². The molecule has 0 bridgehead atoms. The number of amides is 2. The van der Waals surface area contributed by atoms with Crippen molar-refractivity contribution in [2.45, 2.75) is 18.8 Å². The average Bonchev–Trinajstić information content (AvgIpc) is 2.64. The maximum absolute atomic E-state index is 13.5. The maximum Gasteiger partial charge on any atom is 0.230 e. The van der Waals surface area contributed by atoms with Gasteiger partial charge in [-0.1, -0.05) is 36.4 Å². The molecule has 2 amide bonds. The van der Waals surface area contributed by atoms with Gasteiger partial charge in [0.05, 0.1) is 5.92 Å². The minimum absolute atomic E-state index is 0. The van der Waals surface area contributed by atoms with Crippen molar-refractivity contribution in [1.82, 2.24) is 4.90 Å². The van der Waals surface area contributed by atoms with Crippen LogP contribution >= 0.6 is 12.4 Å². The molecule has 1 unspecified atom stereocenters. The third-order valence-corrected chi connectivity index (χ3v) is 4.58. The normalized spacial score (nSPS) is 15.3. The second-order valence-corrected chi connectivity index (χ2v) is 6.39. The number of nitrogens with one attached hydrogen (secondary N) is 1. The predicted molar refractivity (Wildman–Crippen MR) is 105 cm³/mol. The van der Waals surface area contributed by atoms with E-state index in [4.69, 9.17) is 5.73 Å². The Morgan fingerprint density at radius 3 is 2.63 bits per heavy atom. The fraction of sp³-hybridized carbons (Fsp3) is 0.300. The highest BCUT2D eigenvalue weighted by Crippen LogP contribution is 2.34. The number of benzene rings is 2. The molecule has 3 N–H and O–H groups in total. The molecule has 0 spiro atoms. The van der Waals surface area contributed by atoms with Gasteiger partial charge in [0.25, 0.3) is 0 Å². The average molecular weight is 392 g/mol.